The van der Waals surface area contributed by atoms with E-state index in [1.54, 1.807) is 11.8 Å². The van der Waals surface area contributed by atoms with Crippen molar-refractivity contribution in [2.24, 2.45) is 11.1 Å². The topological polar surface area (TPSA) is 109 Å². The maximum atomic E-state index is 12.4. The predicted octanol–water partition coefficient (Wildman–Crippen LogP) is 0.492. The molecule has 2 heterocycles. The smallest absolute Gasteiger partial charge is 0.275 e. The summed E-state index contributed by atoms with van der Waals surface area (Å²) in [6, 6.07) is 0. The number of nitrogens with two attached hydrogens (primary N) is 1. The van der Waals surface area contributed by atoms with Gasteiger partial charge < -0.3 is 4.90 Å². The summed E-state index contributed by atoms with van der Waals surface area (Å²) in [5, 5.41) is 11.7. The zero-order valence-corrected chi connectivity index (χ0v) is 12.5. The van der Waals surface area contributed by atoms with Crippen LogP contribution in [-0.2, 0) is 16.4 Å². The van der Waals surface area contributed by atoms with E-state index in [0.717, 1.165) is 12.8 Å². The molecule has 0 radical (unpaired) electrons. The van der Waals surface area contributed by atoms with E-state index in [0.29, 0.717) is 31.1 Å². The molecule has 0 atom stereocenters. The first-order valence-corrected chi connectivity index (χ1v) is 8.28. The minimum Gasteiger partial charge on any atom is -0.337 e. The summed E-state index contributed by atoms with van der Waals surface area (Å²) in [6.45, 7) is 5.16. The molecule has 1 aromatic rings. The van der Waals surface area contributed by atoms with Gasteiger partial charge in [-0.3, -0.25) is 9.89 Å². The highest BCUT2D eigenvalue weighted by Gasteiger charge is 2.30. The number of likely N-dealkylation sites (tertiary alicyclic amines) is 1. The zero-order valence-electron chi connectivity index (χ0n) is 11.7. The van der Waals surface area contributed by atoms with E-state index < -0.39 is 10.0 Å². The number of piperidine rings is 1. The maximum Gasteiger partial charge on any atom is 0.275 e. The molecule has 1 fully saturated rings. The Morgan fingerprint density at radius 2 is 2.05 bits per heavy atom. The first-order valence-electron chi connectivity index (χ1n) is 6.74. The number of carbonyl (C=O) groups excluding carboxylic acids is 1. The summed E-state index contributed by atoms with van der Waals surface area (Å²) in [5.41, 5.74) is 0.292. The summed E-state index contributed by atoms with van der Waals surface area (Å²) in [4.78, 5) is 13.9. The lowest BCUT2D eigenvalue weighted by atomic mass is 9.99. The molecule has 0 aromatic carbocycles. The highest BCUT2D eigenvalue weighted by Crippen LogP contribution is 2.22. The predicted molar refractivity (Wildman–Crippen MR) is 73.6 cm³/mol. The first kappa shape index (κ1) is 15.0. The number of carbonyl (C=O) groups is 1. The number of nitrogens with one attached hydrogen (secondary N) is 1. The molecule has 7 nitrogen and oxygen atoms in total. The summed E-state index contributed by atoms with van der Waals surface area (Å²) >= 11 is 0. The molecule has 2 rings (SSSR count). The van der Waals surface area contributed by atoms with Gasteiger partial charge in [-0.15, -0.1) is 0 Å². The first-order chi connectivity index (χ1) is 9.34. The number of aromatic nitrogens is 2. The third-order valence-electron chi connectivity index (χ3n) is 3.70. The summed E-state index contributed by atoms with van der Waals surface area (Å²) in [7, 11) is -3.97. The molecule has 0 aliphatic carbocycles. The largest absolute Gasteiger partial charge is 0.337 e. The second-order valence-corrected chi connectivity index (χ2v) is 6.75. The quantitative estimate of drug-likeness (QED) is 0.846. The van der Waals surface area contributed by atoms with Gasteiger partial charge in [-0.05, 0) is 25.2 Å². The molecule has 1 aliphatic heterocycles. The highest BCUT2D eigenvalue weighted by atomic mass is 32.2. The van der Waals surface area contributed by atoms with E-state index >= 15 is 0 Å². The molecular weight excluding hydrogens is 280 g/mol. The molecule has 1 aliphatic rings. The lowest BCUT2D eigenvalue weighted by Crippen LogP contribution is -2.38. The molecule has 3 N–H and O–H groups in total. The standard InChI is InChI=1S/C12H20N4O3S/c1-3-9-11(20(13,18)19)10(15-14-9)12(17)16-6-4-8(2)5-7-16/h8H,3-7H2,1-2H3,(H,14,15)(H2,13,18,19). The van der Waals surface area contributed by atoms with Gasteiger partial charge in [0.25, 0.3) is 5.91 Å². The molecule has 1 aromatic heterocycles. The molecule has 0 unspecified atom stereocenters. The van der Waals surface area contributed by atoms with Crippen molar-refractivity contribution in [1.29, 1.82) is 0 Å². The Bertz CT molecular complexity index is 600. The monoisotopic (exact) mass is 300 g/mol. The van der Waals surface area contributed by atoms with Gasteiger partial charge in [0.15, 0.2) is 5.69 Å². The third-order valence-corrected chi connectivity index (χ3v) is 4.71. The van der Waals surface area contributed by atoms with Gasteiger partial charge in [-0.25, -0.2) is 13.6 Å². The number of hydrogen-bond donors (Lipinski definition) is 2. The van der Waals surface area contributed by atoms with Crippen molar-refractivity contribution in [3.63, 3.8) is 0 Å². The zero-order chi connectivity index (χ0) is 14.9. The molecule has 0 spiro atoms. The third kappa shape index (κ3) is 2.85. The summed E-state index contributed by atoms with van der Waals surface area (Å²) in [5.74, 6) is 0.221. The number of hydrogen-bond acceptors (Lipinski definition) is 4. The van der Waals surface area contributed by atoms with E-state index in [2.05, 4.69) is 17.1 Å². The normalized spacial score (nSPS) is 17.4. The summed E-state index contributed by atoms with van der Waals surface area (Å²) < 4.78 is 23.4. The van der Waals surface area contributed by atoms with Crippen molar-refractivity contribution in [3.05, 3.63) is 11.4 Å². The van der Waals surface area contributed by atoms with Crippen molar-refractivity contribution >= 4 is 15.9 Å². The van der Waals surface area contributed by atoms with Gasteiger partial charge in [-0.2, -0.15) is 5.10 Å². The average molecular weight is 300 g/mol. The van der Waals surface area contributed by atoms with Crippen molar-refractivity contribution in [1.82, 2.24) is 15.1 Å². The van der Waals surface area contributed by atoms with Crippen molar-refractivity contribution in [2.75, 3.05) is 13.1 Å². The van der Waals surface area contributed by atoms with Gasteiger partial charge in [0.2, 0.25) is 10.0 Å². The number of sulfonamides is 1. The number of primary sulfonamides is 1. The van der Waals surface area contributed by atoms with E-state index in [-0.39, 0.29) is 16.5 Å². The molecule has 1 amide bonds. The molecule has 0 bridgehead atoms. The van der Waals surface area contributed by atoms with Crippen molar-refractivity contribution < 1.29 is 13.2 Å². The van der Waals surface area contributed by atoms with Crippen LogP contribution in [0.2, 0.25) is 0 Å². The van der Waals surface area contributed by atoms with E-state index in [1.165, 1.54) is 0 Å². The van der Waals surface area contributed by atoms with E-state index in [4.69, 9.17) is 5.14 Å². The lowest BCUT2D eigenvalue weighted by molar-refractivity contribution is 0.0687. The number of rotatable bonds is 3. The molecule has 20 heavy (non-hydrogen) atoms. The second kappa shape index (κ2) is 5.53. The van der Waals surface area contributed by atoms with E-state index in [1.807, 2.05) is 0 Å². The van der Waals surface area contributed by atoms with Crippen molar-refractivity contribution in [3.8, 4) is 0 Å². The minimum atomic E-state index is -3.97. The van der Waals surface area contributed by atoms with Crippen LogP contribution in [-0.4, -0.2) is 42.5 Å². The number of amides is 1. The van der Waals surface area contributed by atoms with Crippen LogP contribution in [0.3, 0.4) is 0 Å². The summed E-state index contributed by atoms with van der Waals surface area (Å²) in [6.07, 6.45) is 2.26. The van der Waals surface area contributed by atoms with Crippen molar-refractivity contribution in [2.45, 2.75) is 38.0 Å². The number of aromatic amines is 1. The second-order valence-electron chi connectivity index (χ2n) is 5.25. The van der Waals surface area contributed by atoms with Crippen LogP contribution in [0.15, 0.2) is 4.90 Å². The van der Waals surface area contributed by atoms with Crippen LogP contribution < -0.4 is 5.14 Å². The lowest BCUT2D eigenvalue weighted by Gasteiger charge is -2.29. The van der Waals surface area contributed by atoms with E-state index in [9.17, 15) is 13.2 Å². The van der Waals surface area contributed by atoms with Crippen LogP contribution in [0.1, 0.15) is 42.9 Å². The van der Waals surface area contributed by atoms with Gasteiger partial charge in [0.1, 0.15) is 4.90 Å². The van der Waals surface area contributed by atoms with Crippen LogP contribution in [0.5, 0.6) is 0 Å². The fourth-order valence-electron chi connectivity index (χ4n) is 2.42. The average Bonchev–Trinajstić information content (AvgIpc) is 2.82. The Hall–Kier alpha value is -1.41. The minimum absolute atomic E-state index is 0.0843. The molecule has 0 saturated carbocycles. The van der Waals surface area contributed by atoms with Gasteiger partial charge in [0.05, 0.1) is 5.69 Å². The molecule has 8 heteroatoms. The Balaban J connectivity index is 2.33. The fraction of sp³-hybridized carbons (Fsp3) is 0.667. The van der Waals surface area contributed by atoms with Crippen LogP contribution in [0, 0.1) is 5.92 Å². The Labute approximate surface area is 118 Å². The van der Waals surface area contributed by atoms with Crippen LogP contribution >= 0.6 is 0 Å². The highest BCUT2D eigenvalue weighted by molar-refractivity contribution is 7.89. The number of H-pyrrole nitrogens is 1. The van der Waals surface area contributed by atoms with Gasteiger partial charge in [0, 0.05) is 13.1 Å². The van der Waals surface area contributed by atoms with Crippen LogP contribution in [0.25, 0.3) is 0 Å². The SMILES string of the molecule is CCc1[nH]nc(C(=O)N2CCC(C)CC2)c1S(N)(=O)=O. The molecule has 112 valence electrons. The van der Waals surface area contributed by atoms with Gasteiger partial charge in [-0.1, -0.05) is 13.8 Å². The van der Waals surface area contributed by atoms with Gasteiger partial charge >= 0.3 is 0 Å². The molecular formula is C12H20N4O3S. The Kier molecular flexibility index (Phi) is 4.14. The number of nitrogens with zero attached hydrogens (tertiary/aromatic N) is 2. The Morgan fingerprint density at radius 3 is 2.55 bits per heavy atom. The molecule has 1 saturated heterocycles. The Morgan fingerprint density at radius 1 is 1.45 bits per heavy atom. The fourth-order valence-corrected chi connectivity index (χ4v) is 3.36. The maximum absolute atomic E-state index is 12.4. The number of aryl methyl sites for hydroxylation is 1. The van der Waals surface area contributed by atoms with Crippen LogP contribution in [0.4, 0.5) is 0 Å².